The molecule has 8 N–H and O–H groups in total. The molecule has 90 heavy (non-hydrogen) atoms. The van der Waals surface area contributed by atoms with Gasteiger partial charge in [0, 0.05) is 0 Å². The average Bonchev–Trinajstić information content (AvgIpc) is 1.28. The molecule has 0 aromatic heterocycles. The van der Waals surface area contributed by atoms with Gasteiger partial charge in [-0.1, -0.05) is 339 Å². The number of carbonyl (C=O) groups is 1. The Morgan fingerprint density at radius 3 is 0.989 bits per heavy atom. The van der Waals surface area contributed by atoms with Crippen LogP contribution in [0.5, 0.6) is 0 Å². The highest BCUT2D eigenvalue weighted by molar-refractivity contribution is 5.80. The van der Waals surface area contributed by atoms with Crippen molar-refractivity contribution >= 4 is 5.91 Å². The molecule has 0 spiro atoms. The van der Waals surface area contributed by atoms with Gasteiger partial charge in [0.2, 0.25) is 5.91 Å². The molecule has 1 rings (SSSR count). The number of aliphatic hydroxyl groups excluding tert-OH is 7. The first-order valence-corrected chi connectivity index (χ1v) is 39.0. The fraction of sp³-hybridized carbons (Fsp3) is 0.886. The molecule has 11 heteroatoms. The van der Waals surface area contributed by atoms with Gasteiger partial charge in [-0.25, -0.2) is 0 Å². The summed E-state index contributed by atoms with van der Waals surface area (Å²) >= 11 is 0. The van der Waals surface area contributed by atoms with Crippen LogP contribution in [-0.2, 0) is 14.3 Å². The van der Waals surface area contributed by atoms with Crippen molar-refractivity contribution in [2.45, 2.75) is 435 Å². The largest absolute Gasteiger partial charge is 0.394 e. The van der Waals surface area contributed by atoms with Gasteiger partial charge < -0.3 is 50.5 Å². The molecule has 0 aromatic carbocycles. The summed E-state index contributed by atoms with van der Waals surface area (Å²) in [5.41, 5.74) is 0. The Morgan fingerprint density at radius 1 is 0.378 bits per heavy atom. The number of allylic oxidation sites excluding steroid dienone is 8. The van der Waals surface area contributed by atoms with Crippen molar-refractivity contribution in [3.05, 3.63) is 48.6 Å². The SMILES string of the molecule is CCCCCCCCCCCCCC/C=C/CC/C=C/CC/C=C/CCCC(O)C(O)C(COC1OC(CO)C(O)C(O)C1O)NC(=O)C(O)CCCCCCCCCCCCCCCCCC/C=C\CCCCCCCCCCCCCCCCCCCC. The number of ether oxygens (including phenoxy) is 2. The Bertz CT molecular complexity index is 1610. The van der Waals surface area contributed by atoms with Crippen molar-refractivity contribution in [2.24, 2.45) is 0 Å². The lowest BCUT2D eigenvalue weighted by molar-refractivity contribution is -0.303. The summed E-state index contributed by atoms with van der Waals surface area (Å²) in [7, 11) is 0. The van der Waals surface area contributed by atoms with E-state index in [1.807, 2.05) is 0 Å². The molecular formula is C79H149NO10. The van der Waals surface area contributed by atoms with E-state index >= 15 is 0 Å². The summed E-state index contributed by atoms with van der Waals surface area (Å²) in [6.07, 6.45) is 78.0. The Hall–Kier alpha value is -1.93. The molecule has 0 aliphatic carbocycles. The first-order valence-electron chi connectivity index (χ1n) is 39.0. The predicted octanol–water partition coefficient (Wildman–Crippen LogP) is 19.9. The normalized spacial score (nSPS) is 18.7. The highest BCUT2D eigenvalue weighted by Crippen LogP contribution is 2.24. The summed E-state index contributed by atoms with van der Waals surface area (Å²) in [6.45, 7) is 3.49. The van der Waals surface area contributed by atoms with Crippen LogP contribution in [0.3, 0.4) is 0 Å². The number of carbonyl (C=O) groups excluding carboxylic acids is 1. The van der Waals surface area contributed by atoms with Crippen LogP contribution in [0, 0.1) is 0 Å². The fourth-order valence-electron chi connectivity index (χ4n) is 12.6. The van der Waals surface area contributed by atoms with Crippen molar-refractivity contribution < 1.29 is 50.0 Å². The second-order valence-corrected chi connectivity index (χ2v) is 27.4. The Balaban J connectivity index is 2.15. The van der Waals surface area contributed by atoms with E-state index in [2.05, 4.69) is 67.8 Å². The zero-order valence-electron chi connectivity index (χ0n) is 58.9. The summed E-state index contributed by atoms with van der Waals surface area (Å²) in [4.78, 5) is 13.3. The summed E-state index contributed by atoms with van der Waals surface area (Å²) in [5.74, 6) is -0.707. The lowest BCUT2D eigenvalue weighted by Gasteiger charge is -2.40. The van der Waals surface area contributed by atoms with Crippen LogP contribution in [-0.4, -0.2) is 110 Å². The molecule has 1 saturated heterocycles. The molecule has 530 valence electrons. The maximum absolute atomic E-state index is 13.3. The topological polar surface area (TPSA) is 189 Å². The summed E-state index contributed by atoms with van der Waals surface area (Å²) < 4.78 is 11.2. The summed E-state index contributed by atoms with van der Waals surface area (Å²) in [5, 5.41) is 76.6. The number of hydrogen-bond acceptors (Lipinski definition) is 10. The Labute approximate surface area is 555 Å². The van der Waals surface area contributed by atoms with Gasteiger partial charge in [0.15, 0.2) is 6.29 Å². The molecule has 1 aliphatic rings. The minimum absolute atomic E-state index is 0.242. The van der Waals surface area contributed by atoms with Gasteiger partial charge in [-0.15, -0.1) is 0 Å². The molecule has 1 heterocycles. The van der Waals surface area contributed by atoms with Gasteiger partial charge >= 0.3 is 0 Å². The van der Waals surface area contributed by atoms with Crippen LogP contribution in [0.1, 0.15) is 380 Å². The van der Waals surface area contributed by atoms with Crippen LogP contribution in [0.4, 0.5) is 0 Å². The Morgan fingerprint density at radius 2 is 0.667 bits per heavy atom. The van der Waals surface area contributed by atoms with Crippen LogP contribution in [0.2, 0.25) is 0 Å². The third kappa shape index (κ3) is 53.3. The molecule has 11 nitrogen and oxygen atoms in total. The first-order chi connectivity index (χ1) is 44.2. The predicted molar refractivity (Wildman–Crippen MR) is 381 cm³/mol. The number of aliphatic hydroxyl groups is 7. The molecule has 1 fully saturated rings. The van der Waals surface area contributed by atoms with Crippen molar-refractivity contribution in [1.82, 2.24) is 5.32 Å². The van der Waals surface area contributed by atoms with E-state index in [0.717, 1.165) is 44.9 Å². The smallest absolute Gasteiger partial charge is 0.249 e. The van der Waals surface area contributed by atoms with Crippen LogP contribution in [0.25, 0.3) is 0 Å². The quantitative estimate of drug-likeness (QED) is 0.0215. The Kier molecular flexibility index (Phi) is 64.1. The van der Waals surface area contributed by atoms with Crippen molar-refractivity contribution in [1.29, 1.82) is 0 Å². The van der Waals surface area contributed by atoms with Gasteiger partial charge in [0.1, 0.15) is 36.6 Å². The van der Waals surface area contributed by atoms with Gasteiger partial charge in [-0.3, -0.25) is 4.79 Å². The van der Waals surface area contributed by atoms with E-state index in [0.29, 0.717) is 19.3 Å². The van der Waals surface area contributed by atoms with Crippen molar-refractivity contribution in [2.75, 3.05) is 13.2 Å². The summed E-state index contributed by atoms with van der Waals surface area (Å²) in [6, 6.07) is -1.20. The zero-order chi connectivity index (χ0) is 65.3. The second kappa shape index (κ2) is 67.1. The lowest BCUT2D eigenvalue weighted by Crippen LogP contribution is -2.60. The lowest BCUT2D eigenvalue weighted by atomic mass is 9.98. The van der Waals surface area contributed by atoms with Crippen molar-refractivity contribution in [3.63, 3.8) is 0 Å². The number of amides is 1. The molecule has 9 unspecified atom stereocenters. The molecule has 0 aromatic rings. The van der Waals surface area contributed by atoms with E-state index in [9.17, 15) is 40.5 Å². The maximum Gasteiger partial charge on any atom is 0.249 e. The van der Waals surface area contributed by atoms with Gasteiger partial charge in [-0.2, -0.15) is 0 Å². The molecule has 0 bridgehead atoms. The van der Waals surface area contributed by atoms with Gasteiger partial charge in [0.05, 0.1) is 25.4 Å². The number of nitrogens with one attached hydrogen (secondary N) is 1. The number of unbranched alkanes of at least 4 members (excludes halogenated alkanes) is 49. The molecule has 9 atom stereocenters. The standard InChI is InChI=1S/C79H149NO10/c1-3-5-7-9-11-13-15-17-19-21-23-25-27-29-30-31-32-33-34-35-36-37-38-39-40-41-43-45-47-49-51-53-55-57-59-61-63-65-67-72(83)78(88)80-70(69-89-79-77(87)76(86)75(85)73(68-81)90-79)74(84)71(82)66-64-62-60-58-56-54-52-50-48-46-44-42-28-26-24-22-20-18-16-14-12-10-8-6-4-2/h35-36,42,44,50,52,58,60,70-77,79,81-87H,3-34,37-41,43,45-49,51,53-57,59,61-69H2,1-2H3,(H,80,88)/b36-35-,44-42+,52-50+,60-58+. The van der Waals surface area contributed by atoms with Crippen molar-refractivity contribution in [3.8, 4) is 0 Å². The minimum atomic E-state index is -1.68. The van der Waals surface area contributed by atoms with Crippen LogP contribution in [0.15, 0.2) is 48.6 Å². The molecule has 1 aliphatic heterocycles. The fourth-order valence-corrected chi connectivity index (χ4v) is 12.6. The van der Waals surface area contributed by atoms with E-state index in [-0.39, 0.29) is 12.8 Å². The highest BCUT2D eigenvalue weighted by Gasteiger charge is 2.44. The highest BCUT2D eigenvalue weighted by atomic mass is 16.7. The van der Waals surface area contributed by atoms with Gasteiger partial charge in [-0.05, 0) is 89.9 Å². The molecule has 0 saturated carbocycles. The number of hydrogen-bond donors (Lipinski definition) is 8. The first kappa shape index (κ1) is 86.1. The molecule has 0 radical (unpaired) electrons. The second-order valence-electron chi connectivity index (χ2n) is 27.4. The zero-order valence-corrected chi connectivity index (χ0v) is 58.9. The van der Waals surface area contributed by atoms with E-state index in [1.165, 1.54) is 289 Å². The van der Waals surface area contributed by atoms with Crippen LogP contribution >= 0.6 is 0 Å². The van der Waals surface area contributed by atoms with E-state index in [1.54, 1.807) is 0 Å². The van der Waals surface area contributed by atoms with E-state index < -0.39 is 74.2 Å². The molecular weight excluding hydrogens is 1120 g/mol. The maximum atomic E-state index is 13.3. The van der Waals surface area contributed by atoms with Crippen LogP contribution < -0.4 is 5.32 Å². The van der Waals surface area contributed by atoms with E-state index in [4.69, 9.17) is 9.47 Å². The monoisotopic (exact) mass is 1270 g/mol. The average molecular weight is 1270 g/mol. The third-order valence-electron chi connectivity index (χ3n) is 18.8. The van der Waals surface area contributed by atoms with Gasteiger partial charge in [0.25, 0.3) is 0 Å². The number of rotatable bonds is 69. The third-order valence-corrected chi connectivity index (χ3v) is 18.8. The molecule has 1 amide bonds. The minimum Gasteiger partial charge on any atom is -0.394 e.